The van der Waals surface area contributed by atoms with E-state index in [1.165, 1.54) is 0 Å². The predicted molar refractivity (Wildman–Crippen MR) is 78.9 cm³/mol. The number of hydrogen-bond acceptors (Lipinski definition) is 3. The van der Waals surface area contributed by atoms with Gasteiger partial charge in [0.1, 0.15) is 0 Å². The fourth-order valence-electron chi connectivity index (χ4n) is 2.81. The first-order chi connectivity index (χ1) is 10.1. The Balaban J connectivity index is 1.90. The first kappa shape index (κ1) is 15.5. The number of aliphatic carboxylic acids is 1. The normalized spacial score (nSPS) is 18.5. The average molecular weight is 290 g/mol. The lowest BCUT2D eigenvalue weighted by Crippen LogP contribution is -2.41. The van der Waals surface area contributed by atoms with Crippen LogP contribution >= 0.6 is 0 Å². The summed E-state index contributed by atoms with van der Waals surface area (Å²) in [5.41, 5.74) is 1.86. The van der Waals surface area contributed by atoms with Crippen LogP contribution in [0.25, 0.3) is 0 Å². The molecule has 0 aromatic carbocycles. The van der Waals surface area contributed by atoms with Crippen LogP contribution in [0.5, 0.6) is 0 Å². The third kappa shape index (κ3) is 4.55. The Morgan fingerprint density at radius 2 is 2.29 bits per heavy atom. The van der Waals surface area contributed by atoms with Gasteiger partial charge in [-0.15, -0.1) is 0 Å². The van der Waals surface area contributed by atoms with Crippen molar-refractivity contribution in [3.8, 4) is 0 Å². The third-order valence-electron chi connectivity index (χ3n) is 4.07. The van der Waals surface area contributed by atoms with Crippen molar-refractivity contribution >= 4 is 11.9 Å². The summed E-state index contributed by atoms with van der Waals surface area (Å²) in [6, 6.07) is 3.83. The van der Waals surface area contributed by atoms with Crippen molar-refractivity contribution in [2.75, 3.05) is 13.1 Å². The van der Waals surface area contributed by atoms with E-state index in [2.05, 4.69) is 4.98 Å². The summed E-state index contributed by atoms with van der Waals surface area (Å²) in [7, 11) is 0. The lowest BCUT2D eigenvalue weighted by atomic mass is 9.93. The first-order valence-corrected chi connectivity index (χ1v) is 7.46. The number of likely N-dealkylation sites (tertiary alicyclic amines) is 1. The van der Waals surface area contributed by atoms with E-state index < -0.39 is 5.97 Å². The average Bonchev–Trinajstić information content (AvgIpc) is 2.48. The summed E-state index contributed by atoms with van der Waals surface area (Å²) < 4.78 is 0. The Hall–Kier alpha value is -1.91. The zero-order valence-electron chi connectivity index (χ0n) is 12.4. The number of nitrogens with zero attached hydrogens (tertiary/aromatic N) is 2. The number of carbonyl (C=O) groups excluding carboxylic acids is 1. The van der Waals surface area contributed by atoms with Crippen molar-refractivity contribution in [2.24, 2.45) is 5.92 Å². The van der Waals surface area contributed by atoms with Crippen molar-refractivity contribution in [3.63, 3.8) is 0 Å². The highest BCUT2D eigenvalue weighted by Gasteiger charge is 2.24. The smallest absolute Gasteiger partial charge is 0.303 e. The van der Waals surface area contributed by atoms with Crippen LogP contribution < -0.4 is 0 Å². The highest BCUT2D eigenvalue weighted by atomic mass is 16.4. The first-order valence-electron chi connectivity index (χ1n) is 7.46. The monoisotopic (exact) mass is 290 g/mol. The molecule has 0 spiro atoms. The van der Waals surface area contributed by atoms with Crippen LogP contribution in [-0.2, 0) is 16.0 Å². The molecular formula is C16H22N2O3. The Kier molecular flexibility index (Phi) is 5.31. The Morgan fingerprint density at radius 3 is 3.00 bits per heavy atom. The minimum absolute atomic E-state index is 0.0943. The number of pyridine rings is 1. The fourth-order valence-corrected chi connectivity index (χ4v) is 2.81. The number of carbonyl (C=O) groups is 2. The minimum atomic E-state index is -0.762. The number of hydrogen-bond donors (Lipinski definition) is 1. The molecule has 1 amide bonds. The Bertz CT molecular complexity index is 516. The lowest BCUT2D eigenvalue weighted by Gasteiger charge is -2.32. The van der Waals surface area contributed by atoms with Gasteiger partial charge in [-0.1, -0.05) is 6.07 Å². The molecule has 1 fully saturated rings. The van der Waals surface area contributed by atoms with Crippen LogP contribution in [0.1, 0.15) is 36.9 Å². The molecule has 1 saturated heterocycles. The van der Waals surface area contributed by atoms with Gasteiger partial charge in [-0.05, 0) is 43.7 Å². The number of aryl methyl sites for hydroxylation is 1. The van der Waals surface area contributed by atoms with Gasteiger partial charge in [-0.2, -0.15) is 0 Å². The fraction of sp³-hybridized carbons (Fsp3) is 0.562. The van der Waals surface area contributed by atoms with Crippen LogP contribution in [0.3, 0.4) is 0 Å². The zero-order chi connectivity index (χ0) is 15.2. The molecule has 114 valence electrons. The molecule has 0 radical (unpaired) electrons. The van der Waals surface area contributed by atoms with Gasteiger partial charge in [0.15, 0.2) is 0 Å². The quantitative estimate of drug-likeness (QED) is 0.901. The number of carboxylic acids is 1. The van der Waals surface area contributed by atoms with E-state index in [0.717, 1.165) is 30.6 Å². The minimum Gasteiger partial charge on any atom is -0.481 e. The number of carboxylic acid groups (broad SMARTS) is 1. The molecule has 1 N–H and O–H groups in total. The predicted octanol–water partition coefficient (Wildman–Crippen LogP) is 2.04. The molecule has 0 aliphatic carbocycles. The maximum Gasteiger partial charge on any atom is 0.303 e. The second-order valence-corrected chi connectivity index (χ2v) is 5.72. The summed E-state index contributed by atoms with van der Waals surface area (Å²) in [4.78, 5) is 29.2. The number of aromatic nitrogens is 1. The second kappa shape index (κ2) is 7.20. The van der Waals surface area contributed by atoms with E-state index >= 15 is 0 Å². The van der Waals surface area contributed by atoms with Gasteiger partial charge < -0.3 is 10.0 Å². The van der Waals surface area contributed by atoms with Crippen LogP contribution in [-0.4, -0.2) is 40.0 Å². The molecule has 1 aliphatic heterocycles. The van der Waals surface area contributed by atoms with E-state index in [-0.39, 0.29) is 12.3 Å². The van der Waals surface area contributed by atoms with Crippen LogP contribution in [0.4, 0.5) is 0 Å². The molecule has 0 bridgehead atoms. The van der Waals surface area contributed by atoms with E-state index in [9.17, 15) is 9.59 Å². The van der Waals surface area contributed by atoms with E-state index in [1.807, 2.05) is 24.0 Å². The van der Waals surface area contributed by atoms with Crippen LogP contribution in [0.2, 0.25) is 0 Å². The van der Waals surface area contributed by atoms with Crippen LogP contribution in [0.15, 0.2) is 18.3 Å². The Labute approximate surface area is 125 Å². The van der Waals surface area contributed by atoms with Gasteiger partial charge in [0, 0.05) is 25.7 Å². The van der Waals surface area contributed by atoms with Crippen molar-refractivity contribution < 1.29 is 14.7 Å². The van der Waals surface area contributed by atoms with Crippen molar-refractivity contribution in [1.82, 2.24) is 9.88 Å². The highest BCUT2D eigenvalue weighted by Crippen LogP contribution is 2.21. The SMILES string of the molecule is Cc1cccnc1CC(=O)N1CCCC(CCC(=O)O)C1. The van der Waals surface area contributed by atoms with Crippen molar-refractivity contribution in [1.29, 1.82) is 0 Å². The molecule has 2 heterocycles. The standard InChI is InChI=1S/C16H22N2O3/c1-12-4-2-8-17-14(12)10-15(19)18-9-3-5-13(11-18)6-7-16(20)21/h2,4,8,13H,3,5-7,9-11H2,1H3,(H,20,21). The van der Waals surface area contributed by atoms with Gasteiger partial charge in [-0.3, -0.25) is 14.6 Å². The third-order valence-corrected chi connectivity index (χ3v) is 4.07. The number of piperidine rings is 1. The molecule has 1 unspecified atom stereocenters. The summed E-state index contributed by atoms with van der Waals surface area (Å²) in [5.74, 6) is -0.358. The van der Waals surface area contributed by atoms with Crippen molar-refractivity contribution in [3.05, 3.63) is 29.6 Å². The largest absolute Gasteiger partial charge is 0.481 e. The molecule has 1 atom stereocenters. The lowest BCUT2D eigenvalue weighted by molar-refractivity contribution is -0.137. The van der Waals surface area contributed by atoms with E-state index in [1.54, 1.807) is 6.20 Å². The van der Waals surface area contributed by atoms with Gasteiger partial charge in [0.2, 0.25) is 5.91 Å². The van der Waals surface area contributed by atoms with Gasteiger partial charge >= 0.3 is 5.97 Å². The summed E-state index contributed by atoms with van der Waals surface area (Å²) in [6.07, 6.45) is 4.85. The van der Waals surface area contributed by atoms with Crippen molar-refractivity contribution in [2.45, 2.75) is 39.0 Å². The molecule has 1 aromatic rings. The van der Waals surface area contributed by atoms with Gasteiger partial charge in [0.25, 0.3) is 0 Å². The van der Waals surface area contributed by atoms with Gasteiger partial charge in [-0.25, -0.2) is 0 Å². The zero-order valence-corrected chi connectivity index (χ0v) is 12.4. The topological polar surface area (TPSA) is 70.5 Å². The Morgan fingerprint density at radius 1 is 1.48 bits per heavy atom. The molecule has 2 rings (SSSR count). The molecular weight excluding hydrogens is 268 g/mol. The molecule has 5 nitrogen and oxygen atoms in total. The summed E-state index contributed by atoms with van der Waals surface area (Å²) >= 11 is 0. The molecule has 5 heteroatoms. The molecule has 1 aliphatic rings. The number of amides is 1. The summed E-state index contributed by atoms with van der Waals surface area (Å²) in [6.45, 7) is 3.41. The maximum atomic E-state index is 12.4. The van der Waals surface area contributed by atoms with E-state index in [4.69, 9.17) is 5.11 Å². The molecule has 1 aromatic heterocycles. The second-order valence-electron chi connectivity index (χ2n) is 5.72. The van der Waals surface area contributed by atoms with Gasteiger partial charge in [0.05, 0.1) is 12.1 Å². The van der Waals surface area contributed by atoms with E-state index in [0.29, 0.717) is 25.3 Å². The molecule has 0 saturated carbocycles. The highest BCUT2D eigenvalue weighted by molar-refractivity contribution is 5.78. The molecule has 21 heavy (non-hydrogen) atoms. The van der Waals surface area contributed by atoms with Crippen LogP contribution in [0, 0.1) is 12.8 Å². The number of rotatable bonds is 5. The maximum absolute atomic E-state index is 12.4. The summed E-state index contributed by atoms with van der Waals surface area (Å²) in [5, 5.41) is 8.76.